The van der Waals surface area contributed by atoms with E-state index in [1.165, 1.54) is 42.3 Å². The molecular formula is C102H134BBr3N16O16Si3. The van der Waals surface area contributed by atoms with Gasteiger partial charge in [-0.25, -0.2) is 24.3 Å². The average molecular weight is 2180 g/mol. The molecule has 4 amide bonds. The number of hydrogen-bond donors (Lipinski definition) is 7. The summed E-state index contributed by atoms with van der Waals surface area (Å²) >= 11 is 9.72. The number of aromatic hydroxyl groups is 2. The number of benzene rings is 3. The number of aliphatic imine (C=N–C) groups is 1. The molecule has 0 saturated carbocycles. The highest BCUT2D eigenvalue weighted by atomic mass is 79.9. The van der Waals surface area contributed by atoms with Crippen molar-refractivity contribution >= 4 is 120 Å². The Labute approximate surface area is 855 Å². The summed E-state index contributed by atoms with van der Waals surface area (Å²) in [6.07, 6.45) is 24.0. The lowest BCUT2D eigenvalue weighted by molar-refractivity contribution is -0.124. The lowest BCUT2D eigenvalue weighted by atomic mass is 9.84. The topological polar surface area (TPSA) is 390 Å². The molecule has 8 aromatic heterocycles. The molecule has 0 radical (unpaired) electrons. The molecule has 6 aliphatic heterocycles. The SMILES string of the molecule is CC1(C)OB(c2ccnn2CCCC[Si](C)(C)C)OC1(C)C.C[Si](C)(C)CCOCn1nccc1-c1ccc(Oc2ccc(O[C@@H]3CCC(=O)NC3)nc2)cn1.Cc1ccc(-c2ccnn2COCC[Si](C)(C)C)cc1.O=C1CC[C@@H](Oc2ccc(Br)cc2)CN1.O=C1CC[C@@H](Oc2ccc(Oc3ccc(C4=CC=NC4)nc3)cn2)CN1.O=C1CC[C@H](O)CN1.Oc1ccc(Br)cc1.Oc1ccc(Br)nc1. The molecule has 141 heavy (non-hydrogen) atoms. The number of ether oxygens (including phenoxy) is 7. The average Bonchev–Trinajstić information content (AvgIpc) is 1.61. The van der Waals surface area contributed by atoms with Gasteiger partial charge in [0.05, 0.1) is 103 Å². The number of β-amino-alcohol motifs (C(OH)–C–C–N with tert-alkyl or cyclic N) is 1. The van der Waals surface area contributed by atoms with Crippen molar-refractivity contribution in [1.82, 2.24) is 75.5 Å². The van der Waals surface area contributed by atoms with Gasteiger partial charge < -0.3 is 79.1 Å². The monoisotopic (exact) mass is 2170 g/mol. The van der Waals surface area contributed by atoms with E-state index >= 15 is 0 Å². The molecular weight excluding hydrogens is 2040 g/mol. The predicted octanol–water partition coefficient (Wildman–Crippen LogP) is 19.0. The number of aliphatic hydroxyl groups excluding tert-OH is 1. The zero-order valence-electron chi connectivity index (χ0n) is 83.0. The van der Waals surface area contributed by atoms with Gasteiger partial charge in [0.1, 0.15) is 76.6 Å². The van der Waals surface area contributed by atoms with Crippen LogP contribution in [0.3, 0.4) is 0 Å². The fourth-order valence-corrected chi connectivity index (χ4v) is 17.3. The number of rotatable bonds is 29. The van der Waals surface area contributed by atoms with Crippen molar-refractivity contribution in [2.75, 3.05) is 45.9 Å². The number of phenols is 1. The first-order valence-corrected chi connectivity index (χ1v) is 61.0. The molecule has 0 spiro atoms. The van der Waals surface area contributed by atoms with E-state index in [4.69, 9.17) is 57.8 Å². The van der Waals surface area contributed by atoms with E-state index in [0.717, 1.165) is 85.5 Å². The Morgan fingerprint density at radius 3 is 1.31 bits per heavy atom. The van der Waals surface area contributed by atoms with Crippen LogP contribution in [0.1, 0.15) is 103 Å². The minimum absolute atomic E-state index is 0.0439. The molecule has 754 valence electrons. The van der Waals surface area contributed by atoms with E-state index in [9.17, 15) is 19.2 Å². The minimum atomic E-state index is -1.12. The van der Waals surface area contributed by atoms with Gasteiger partial charge in [-0.3, -0.25) is 38.8 Å². The summed E-state index contributed by atoms with van der Waals surface area (Å²) < 4.78 is 61.4. The first-order chi connectivity index (χ1) is 67.2. The molecule has 0 bridgehead atoms. The number of carbonyl (C=O) groups excluding carboxylic acids is 4. The minimum Gasteiger partial charge on any atom is -0.508 e. The van der Waals surface area contributed by atoms with Crippen LogP contribution in [0.25, 0.3) is 28.2 Å². The first kappa shape index (κ1) is 112. The van der Waals surface area contributed by atoms with Crippen molar-refractivity contribution in [1.29, 1.82) is 0 Å². The second-order valence-corrected chi connectivity index (χ2v) is 58.4. The number of aliphatic hydroxyl groups is 1. The molecule has 17 rings (SSSR count). The maximum absolute atomic E-state index is 11.3. The first-order valence-electron chi connectivity index (χ1n) is 47.5. The summed E-state index contributed by atoms with van der Waals surface area (Å²) in [5.74, 6) is 5.07. The maximum atomic E-state index is 11.3. The van der Waals surface area contributed by atoms with Crippen LogP contribution in [0.2, 0.25) is 77.1 Å². The van der Waals surface area contributed by atoms with Crippen LogP contribution >= 0.6 is 47.8 Å². The molecule has 0 aliphatic carbocycles. The van der Waals surface area contributed by atoms with Crippen LogP contribution in [0.5, 0.6) is 52.0 Å². The molecule has 39 heteroatoms. The van der Waals surface area contributed by atoms with Crippen molar-refractivity contribution in [3.8, 4) is 74.7 Å². The normalized spacial score (nSPS) is 17.2. The number of pyridine rings is 5. The van der Waals surface area contributed by atoms with E-state index in [1.54, 1.807) is 97.9 Å². The Balaban J connectivity index is 0.000000173. The molecule has 11 aromatic rings. The summed E-state index contributed by atoms with van der Waals surface area (Å²) in [7, 11) is -3.39. The summed E-state index contributed by atoms with van der Waals surface area (Å²) in [5, 5.41) is 50.3. The van der Waals surface area contributed by atoms with Gasteiger partial charge in [0.25, 0.3) is 0 Å². The highest BCUT2D eigenvalue weighted by molar-refractivity contribution is 9.11. The quantitative estimate of drug-likeness (QED) is 0.0130. The third-order valence-electron chi connectivity index (χ3n) is 22.7. The van der Waals surface area contributed by atoms with E-state index < -0.39 is 24.2 Å². The summed E-state index contributed by atoms with van der Waals surface area (Å²) in [6.45, 7) is 38.0. The molecule has 4 atom stereocenters. The van der Waals surface area contributed by atoms with Crippen LogP contribution in [-0.4, -0.2) is 212 Å². The second kappa shape index (κ2) is 55.5. The van der Waals surface area contributed by atoms with Gasteiger partial charge in [0, 0.05) is 128 Å². The van der Waals surface area contributed by atoms with E-state index in [1.807, 2.05) is 99.2 Å². The van der Waals surface area contributed by atoms with Crippen molar-refractivity contribution in [3.05, 3.63) is 232 Å². The predicted molar refractivity (Wildman–Crippen MR) is 567 cm³/mol. The number of halogens is 3. The fourth-order valence-electron chi connectivity index (χ4n) is 13.7. The molecule has 14 heterocycles. The fraction of sp³-hybridized carbons (Fsp3) is 0.422. The Hall–Kier alpha value is -11.1. The van der Waals surface area contributed by atoms with Crippen LogP contribution in [0.4, 0.5) is 0 Å². The molecule has 7 N–H and O–H groups in total. The van der Waals surface area contributed by atoms with Gasteiger partial charge in [0.2, 0.25) is 35.4 Å². The lowest BCUT2D eigenvalue weighted by Crippen LogP contribution is -2.41. The number of phenolic OH excluding ortho intramolecular Hbond substituents is 1. The number of piperidine rings is 4. The Kier molecular flexibility index (Phi) is 44.0. The maximum Gasteiger partial charge on any atom is 0.514 e. The number of hydrogen-bond acceptors (Lipinski definition) is 25. The van der Waals surface area contributed by atoms with Crippen molar-refractivity contribution < 1.29 is 77.0 Å². The summed E-state index contributed by atoms with van der Waals surface area (Å²) in [6, 6.07) is 50.6. The smallest absolute Gasteiger partial charge is 0.508 e. The summed E-state index contributed by atoms with van der Waals surface area (Å²) in [4.78, 5) is 69.1. The number of aryl methyl sites for hydroxylation is 2. The van der Waals surface area contributed by atoms with Crippen LogP contribution in [0, 0.1) is 6.92 Å². The third-order valence-corrected chi connectivity index (χ3v) is 29.5. The van der Waals surface area contributed by atoms with Crippen LogP contribution in [-0.2, 0) is 58.0 Å². The highest BCUT2D eigenvalue weighted by Crippen LogP contribution is 2.37. The number of aromatic nitrogens is 11. The van der Waals surface area contributed by atoms with Gasteiger partial charge in [0.15, 0.2) is 0 Å². The van der Waals surface area contributed by atoms with Gasteiger partial charge in [-0.1, -0.05) is 133 Å². The summed E-state index contributed by atoms with van der Waals surface area (Å²) in [5.41, 5.74) is 7.67. The third kappa shape index (κ3) is 41.0. The van der Waals surface area contributed by atoms with Gasteiger partial charge in [-0.05, 0) is 222 Å². The number of amides is 4. The van der Waals surface area contributed by atoms with Crippen LogP contribution < -0.4 is 50.5 Å². The molecule has 32 nitrogen and oxygen atoms in total. The number of nitrogens with zero attached hydrogens (tertiary/aromatic N) is 12. The van der Waals surface area contributed by atoms with Gasteiger partial charge in [-0.2, -0.15) is 15.3 Å². The lowest BCUT2D eigenvalue weighted by Gasteiger charge is -2.32. The van der Waals surface area contributed by atoms with E-state index in [0.29, 0.717) is 132 Å². The van der Waals surface area contributed by atoms with Crippen molar-refractivity contribution in [2.45, 2.75) is 232 Å². The Morgan fingerprint density at radius 1 is 0.454 bits per heavy atom. The van der Waals surface area contributed by atoms with Gasteiger partial charge >= 0.3 is 7.12 Å². The second-order valence-electron chi connectivity index (χ2n) is 38.9. The molecule has 5 fully saturated rings. The van der Waals surface area contributed by atoms with Crippen molar-refractivity contribution in [2.24, 2.45) is 4.99 Å². The van der Waals surface area contributed by atoms with Crippen LogP contribution in [0.15, 0.2) is 226 Å². The number of carbonyl (C=O) groups is 4. The molecule has 3 aromatic carbocycles. The van der Waals surface area contributed by atoms with E-state index in [-0.39, 0.29) is 72.1 Å². The number of nitrogens with one attached hydrogen (secondary N) is 4. The largest absolute Gasteiger partial charge is 0.514 e. The molecule has 0 unspecified atom stereocenters. The van der Waals surface area contributed by atoms with Gasteiger partial charge in [-0.15, -0.1) is 0 Å². The molecule has 5 saturated heterocycles. The van der Waals surface area contributed by atoms with E-state index in [2.05, 4.69) is 232 Å². The Morgan fingerprint density at radius 2 is 0.894 bits per heavy atom. The zero-order valence-corrected chi connectivity index (χ0v) is 90.8. The number of unbranched alkanes of at least 4 members (excludes halogenated alkanes) is 1. The zero-order chi connectivity index (χ0) is 102. The Bertz CT molecular complexity index is 5580. The number of allylic oxidation sites excluding steroid dienone is 1. The molecule has 6 aliphatic rings. The van der Waals surface area contributed by atoms with Crippen molar-refractivity contribution in [3.63, 3.8) is 0 Å². The highest BCUT2D eigenvalue weighted by Gasteiger charge is 2.53. The standard InChI is InChI=1S/C24H31N5O4Si.C19H18N4O3.C16H31BN2O2Si.C16H24N2OSi.C11H12BrNO2.C6H5BrO.C5H4BrNO.C5H9NO2/c1-34(2,3)13-12-31-17-29-22(10-11-28-29)21-7-4-18(14-25-21)32-19-6-9-24(27-16-19)33-20-5-8-23(30)26-15-20;24-18-5-2-16(11-22-18)26-19-6-3-15(12-23-19)25-14-1-4-17(21-10-14)13-7-8-20-9-13;1-15(2)16(3,4)21-17(20-15)14-10-11-18-19(14)12-8-9-13-22(5,6)7;1-14-5-7-15(8-6-14)16-9-10-17-18(16)13-19-11-12-20(2,3)4;12-8-1-3-9(4-2-8)15-10-5-6-11(14)13-7-10;7-5-1-3-6(8)4-2-5;6-5-2-1-4(8)3-7-5;7-4-1-2-5(8)6-3-4/h4,6-7,9-11,14,16,20H,5,8,12-13,15,17H2,1-3H3,(H,26,30);1,3-4,6-8,10,12,16H,2,5,9,11H2,(H,22,24);10-11H,8-9,12-13H2,1-7H3;5-10H,11-13H2,1-4H3;1-4,10H,5-7H2,(H,13,14);1-4,8H;1-3,8H;4,7H,1-3H2,(H,6,8)/t20-;16-;;;10-;;;4-/m11..1..0/s1.